The molecule has 108 valence electrons. The van der Waals surface area contributed by atoms with Crippen LogP contribution in [0.15, 0.2) is 23.4 Å². The quantitative estimate of drug-likeness (QED) is 0.803. The van der Waals surface area contributed by atoms with Gasteiger partial charge in [-0.3, -0.25) is 4.79 Å². The first kappa shape index (κ1) is 14.9. The topological polar surface area (TPSA) is 57.8 Å². The summed E-state index contributed by atoms with van der Waals surface area (Å²) in [6, 6.07) is 6.34. The Morgan fingerprint density at radius 3 is 3.05 bits per heavy atom. The van der Waals surface area contributed by atoms with Gasteiger partial charge >= 0.3 is 0 Å². The maximum Gasteiger partial charge on any atom is 0.230 e. The highest BCUT2D eigenvalue weighted by molar-refractivity contribution is 7.99. The number of carbonyl (C=O) groups excluding carboxylic acids is 1. The normalized spacial score (nSPS) is 12.6. The van der Waals surface area contributed by atoms with Crippen molar-refractivity contribution in [2.45, 2.75) is 44.8 Å². The second-order valence-electron chi connectivity index (χ2n) is 5.11. The third kappa shape index (κ3) is 4.00. The van der Waals surface area contributed by atoms with Crippen molar-refractivity contribution in [3.05, 3.63) is 23.8 Å². The molecule has 20 heavy (non-hydrogen) atoms. The molecular weight excluding hydrogens is 270 g/mol. The first-order valence-electron chi connectivity index (χ1n) is 6.97. The average molecular weight is 291 g/mol. The van der Waals surface area contributed by atoms with E-state index < -0.39 is 0 Å². The molecule has 0 spiro atoms. The number of nitrogens with one attached hydrogen (secondary N) is 2. The third-order valence-corrected chi connectivity index (χ3v) is 3.96. The number of aromatic amines is 1. The van der Waals surface area contributed by atoms with E-state index in [1.54, 1.807) is 0 Å². The smallest absolute Gasteiger partial charge is 0.230 e. The van der Waals surface area contributed by atoms with E-state index in [9.17, 15) is 4.79 Å². The number of aryl methyl sites for hydroxylation is 1. The highest BCUT2D eigenvalue weighted by atomic mass is 32.2. The number of fused-ring (bicyclic) bond motifs is 1. The van der Waals surface area contributed by atoms with Crippen molar-refractivity contribution < 1.29 is 4.79 Å². The summed E-state index contributed by atoms with van der Waals surface area (Å²) in [7, 11) is 0. The molecule has 2 rings (SSSR count). The van der Waals surface area contributed by atoms with E-state index in [2.05, 4.69) is 35.2 Å². The van der Waals surface area contributed by atoms with E-state index in [1.807, 2.05) is 19.1 Å². The van der Waals surface area contributed by atoms with Gasteiger partial charge in [-0.15, -0.1) is 0 Å². The fourth-order valence-corrected chi connectivity index (χ4v) is 2.82. The van der Waals surface area contributed by atoms with Crippen LogP contribution in [0.1, 0.15) is 32.3 Å². The molecule has 0 aliphatic carbocycles. The molecule has 1 atom stereocenters. The lowest BCUT2D eigenvalue weighted by Crippen LogP contribution is -2.33. The highest BCUT2D eigenvalue weighted by Gasteiger charge is 2.09. The number of benzene rings is 1. The van der Waals surface area contributed by atoms with Crippen LogP contribution in [-0.4, -0.2) is 27.7 Å². The number of nitrogens with zero attached hydrogens (tertiary/aromatic N) is 1. The van der Waals surface area contributed by atoms with Crippen molar-refractivity contribution in [3.8, 4) is 0 Å². The Morgan fingerprint density at radius 1 is 1.50 bits per heavy atom. The Labute approximate surface area is 123 Å². The molecule has 0 unspecified atom stereocenters. The number of aromatic nitrogens is 2. The Balaban J connectivity index is 1.90. The summed E-state index contributed by atoms with van der Waals surface area (Å²) < 4.78 is 0. The van der Waals surface area contributed by atoms with Crippen LogP contribution in [0.4, 0.5) is 0 Å². The lowest BCUT2D eigenvalue weighted by molar-refractivity contribution is -0.119. The van der Waals surface area contributed by atoms with E-state index in [-0.39, 0.29) is 11.9 Å². The second-order valence-corrected chi connectivity index (χ2v) is 6.07. The predicted molar refractivity (Wildman–Crippen MR) is 84.1 cm³/mol. The predicted octanol–water partition coefficient (Wildman–Crippen LogP) is 3.27. The van der Waals surface area contributed by atoms with Gasteiger partial charge in [0, 0.05) is 6.04 Å². The molecule has 1 amide bonds. The fraction of sp³-hybridized carbons (Fsp3) is 0.467. The van der Waals surface area contributed by atoms with E-state index >= 15 is 0 Å². The van der Waals surface area contributed by atoms with Crippen LogP contribution in [-0.2, 0) is 4.79 Å². The van der Waals surface area contributed by atoms with Gasteiger partial charge in [-0.1, -0.05) is 31.2 Å². The zero-order valence-corrected chi connectivity index (χ0v) is 13.0. The molecule has 2 aromatic rings. The van der Waals surface area contributed by atoms with Gasteiger partial charge in [0.25, 0.3) is 0 Å². The van der Waals surface area contributed by atoms with E-state index in [0.717, 1.165) is 29.0 Å². The standard InChI is InChI=1S/C15H21N3OS/c1-4-5-11(3)16-14(19)9-20-15-17-12-7-6-10(2)8-13(12)18-15/h6-8,11H,4-5,9H2,1-3H3,(H,16,19)(H,17,18)/t11-/m1/s1. The number of hydrogen-bond acceptors (Lipinski definition) is 3. The summed E-state index contributed by atoms with van der Waals surface area (Å²) in [4.78, 5) is 19.5. The maximum absolute atomic E-state index is 11.8. The zero-order chi connectivity index (χ0) is 14.5. The lowest BCUT2D eigenvalue weighted by atomic mass is 10.2. The van der Waals surface area contributed by atoms with Gasteiger partial charge in [0.05, 0.1) is 16.8 Å². The van der Waals surface area contributed by atoms with E-state index in [0.29, 0.717) is 5.75 Å². The second kappa shape index (κ2) is 6.79. The van der Waals surface area contributed by atoms with Crippen molar-refractivity contribution in [1.29, 1.82) is 0 Å². The Bertz CT molecular complexity index is 594. The Morgan fingerprint density at radius 2 is 2.30 bits per heavy atom. The molecule has 1 aromatic carbocycles. The number of imidazole rings is 1. The fourth-order valence-electron chi connectivity index (χ4n) is 2.12. The molecule has 5 heteroatoms. The van der Waals surface area contributed by atoms with Crippen LogP contribution in [0.5, 0.6) is 0 Å². The summed E-state index contributed by atoms with van der Waals surface area (Å²) in [5, 5.41) is 3.79. The summed E-state index contributed by atoms with van der Waals surface area (Å²) in [5.41, 5.74) is 3.16. The Kier molecular flexibility index (Phi) is 5.06. The third-order valence-electron chi connectivity index (χ3n) is 3.08. The molecule has 1 aromatic heterocycles. The number of rotatable bonds is 6. The van der Waals surface area contributed by atoms with Crippen LogP contribution in [0.2, 0.25) is 0 Å². The first-order chi connectivity index (χ1) is 9.58. The monoisotopic (exact) mass is 291 g/mol. The molecule has 2 N–H and O–H groups in total. The first-order valence-corrected chi connectivity index (χ1v) is 7.95. The zero-order valence-electron chi connectivity index (χ0n) is 12.2. The lowest BCUT2D eigenvalue weighted by Gasteiger charge is -2.11. The molecule has 0 fully saturated rings. The molecule has 0 aliphatic heterocycles. The molecule has 0 saturated carbocycles. The molecule has 4 nitrogen and oxygen atoms in total. The van der Waals surface area contributed by atoms with Crippen molar-refractivity contribution >= 4 is 28.7 Å². The average Bonchev–Trinajstić information content (AvgIpc) is 2.78. The molecule has 0 saturated heterocycles. The molecule has 0 bridgehead atoms. The van der Waals surface area contributed by atoms with Crippen LogP contribution < -0.4 is 5.32 Å². The summed E-state index contributed by atoms with van der Waals surface area (Å²) in [6.07, 6.45) is 2.10. The number of hydrogen-bond donors (Lipinski definition) is 2. The van der Waals surface area contributed by atoms with E-state index in [4.69, 9.17) is 0 Å². The van der Waals surface area contributed by atoms with Crippen LogP contribution in [0.3, 0.4) is 0 Å². The minimum atomic E-state index is 0.0626. The highest BCUT2D eigenvalue weighted by Crippen LogP contribution is 2.20. The van der Waals surface area contributed by atoms with Gasteiger partial charge in [0.15, 0.2) is 5.16 Å². The van der Waals surface area contributed by atoms with Gasteiger partial charge in [0.1, 0.15) is 0 Å². The minimum absolute atomic E-state index is 0.0626. The number of thioether (sulfide) groups is 1. The van der Waals surface area contributed by atoms with Crippen molar-refractivity contribution in [2.75, 3.05) is 5.75 Å². The summed E-state index contributed by atoms with van der Waals surface area (Å²) in [6.45, 7) is 6.21. The van der Waals surface area contributed by atoms with Gasteiger partial charge in [0.2, 0.25) is 5.91 Å². The summed E-state index contributed by atoms with van der Waals surface area (Å²) >= 11 is 1.44. The molecule has 0 radical (unpaired) electrons. The Hall–Kier alpha value is -1.49. The van der Waals surface area contributed by atoms with Crippen molar-refractivity contribution in [3.63, 3.8) is 0 Å². The van der Waals surface area contributed by atoms with E-state index in [1.165, 1.54) is 17.3 Å². The largest absolute Gasteiger partial charge is 0.353 e. The van der Waals surface area contributed by atoms with Gasteiger partial charge in [-0.2, -0.15) is 0 Å². The number of carbonyl (C=O) groups is 1. The molecular formula is C15H21N3OS. The minimum Gasteiger partial charge on any atom is -0.353 e. The number of amides is 1. The van der Waals surface area contributed by atoms with Gasteiger partial charge in [-0.05, 0) is 38.0 Å². The molecule has 0 aliphatic rings. The van der Waals surface area contributed by atoms with Crippen molar-refractivity contribution in [2.24, 2.45) is 0 Å². The SMILES string of the molecule is CCC[C@@H](C)NC(=O)CSc1nc2ccc(C)cc2[nH]1. The molecule has 1 heterocycles. The van der Waals surface area contributed by atoms with Crippen molar-refractivity contribution in [1.82, 2.24) is 15.3 Å². The van der Waals surface area contributed by atoms with Gasteiger partial charge < -0.3 is 10.3 Å². The van der Waals surface area contributed by atoms with Gasteiger partial charge in [-0.25, -0.2) is 4.98 Å². The summed E-state index contributed by atoms with van der Waals surface area (Å²) in [5.74, 6) is 0.458. The number of H-pyrrole nitrogens is 1. The van der Waals surface area contributed by atoms with Crippen LogP contribution >= 0.6 is 11.8 Å². The van der Waals surface area contributed by atoms with Crippen LogP contribution in [0.25, 0.3) is 11.0 Å². The maximum atomic E-state index is 11.8. The van der Waals surface area contributed by atoms with Crippen LogP contribution in [0, 0.1) is 6.92 Å².